The maximum absolute atomic E-state index is 11.8. The lowest BCUT2D eigenvalue weighted by atomic mass is 9.98. The van der Waals surface area contributed by atoms with Crippen molar-refractivity contribution in [3.05, 3.63) is 64.0 Å². The van der Waals surface area contributed by atoms with Crippen LogP contribution in [0.5, 0.6) is 5.75 Å². The highest BCUT2D eigenvalue weighted by molar-refractivity contribution is 7.09. The summed E-state index contributed by atoms with van der Waals surface area (Å²) in [6, 6.07) is 14.2. The molecular formula is C21H20N2O2S. The molecule has 26 heavy (non-hydrogen) atoms. The Morgan fingerprint density at radius 2 is 1.96 bits per heavy atom. The normalized spacial score (nSPS) is 13.6. The van der Waals surface area contributed by atoms with Crippen molar-refractivity contribution < 1.29 is 9.53 Å². The number of thiazole rings is 1. The highest BCUT2D eigenvalue weighted by Gasteiger charge is 2.21. The molecule has 1 aliphatic rings. The zero-order valence-corrected chi connectivity index (χ0v) is 15.7. The van der Waals surface area contributed by atoms with Crippen LogP contribution in [0.2, 0.25) is 0 Å². The standard InChI is InChI=1S/C21H20N2O2S/c1-14-3-7-17(8-4-14)25-12-20-22-18(13-26-20)15-5-9-19-16(11-15)6-10-21(24)23(19)2/h3-5,7-9,11,13H,6,10,12H2,1-2H3. The van der Waals surface area contributed by atoms with Crippen LogP contribution < -0.4 is 9.64 Å². The second-order valence-corrected chi connectivity index (χ2v) is 7.47. The largest absolute Gasteiger partial charge is 0.486 e. The molecule has 1 aliphatic heterocycles. The van der Waals surface area contributed by atoms with Crippen LogP contribution in [0.25, 0.3) is 11.3 Å². The smallest absolute Gasteiger partial charge is 0.227 e. The SMILES string of the molecule is Cc1ccc(OCc2nc(-c3ccc4c(c3)CCC(=O)N4C)cs2)cc1. The third-order valence-corrected chi connectivity index (χ3v) is 5.48. The predicted molar refractivity (Wildman–Crippen MR) is 105 cm³/mol. The lowest BCUT2D eigenvalue weighted by molar-refractivity contribution is -0.118. The topological polar surface area (TPSA) is 42.4 Å². The minimum Gasteiger partial charge on any atom is -0.486 e. The van der Waals surface area contributed by atoms with Gasteiger partial charge in [0.25, 0.3) is 0 Å². The fourth-order valence-corrected chi connectivity index (χ4v) is 3.82. The fraction of sp³-hybridized carbons (Fsp3) is 0.238. The van der Waals surface area contributed by atoms with Crippen LogP contribution in [0, 0.1) is 6.92 Å². The number of amides is 1. The molecule has 1 amide bonds. The molecule has 1 aromatic heterocycles. The van der Waals surface area contributed by atoms with Crippen molar-refractivity contribution in [3.8, 4) is 17.0 Å². The summed E-state index contributed by atoms with van der Waals surface area (Å²) in [6.45, 7) is 2.53. The molecule has 0 spiro atoms. The Labute approximate surface area is 157 Å². The number of aryl methyl sites for hydroxylation is 2. The van der Waals surface area contributed by atoms with Gasteiger partial charge in [0.15, 0.2) is 0 Å². The molecule has 0 N–H and O–H groups in total. The van der Waals surface area contributed by atoms with Gasteiger partial charge >= 0.3 is 0 Å². The Morgan fingerprint density at radius 3 is 2.77 bits per heavy atom. The minimum atomic E-state index is 0.175. The molecule has 5 heteroatoms. The lowest BCUT2D eigenvalue weighted by Gasteiger charge is -2.26. The maximum atomic E-state index is 11.8. The van der Waals surface area contributed by atoms with E-state index in [-0.39, 0.29) is 5.91 Å². The van der Waals surface area contributed by atoms with Gasteiger partial charge in [-0.1, -0.05) is 23.8 Å². The van der Waals surface area contributed by atoms with Crippen molar-refractivity contribution in [2.24, 2.45) is 0 Å². The summed E-state index contributed by atoms with van der Waals surface area (Å²) in [6.07, 6.45) is 1.36. The summed E-state index contributed by atoms with van der Waals surface area (Å²) >= 11 is 1.60. The first-order valence-corrected chi connectivity index (χ1v) is 9.52. The maximum Gasteiger partial charge on any atom is 0.227 e. The number of fused-ring (bicyclic) bond motifs is 1. The van der Waals surface area contributed by atoms with Crippen molar-refractivity contribution in [3.63, 3.8) is 0 Å². The molecule has 0 saturated heterocycles. The zero-order chi connectivity index (χ0) is 18.1. The molecular weight excluding hydrogens is 344 g/mol. The molecule has 0 aliphatic carbocycles. The number of carbonyl (C=O) groups excluding carboxylic acids is 1. The van der Waals surface area contributed by atoms with Gasteiger partial charge in [0.2, 0.25) is 5.91 Å². The van der Waals surface area contributed by atoms with Crippen molar-refractivity contribution in [2.45, 2.75) is 26.4 Å². The Kier molecular flexibility index (Phi) is 4.47. The zero-order valence-electron chi connectivity index (χ0n) is 14.9. The molecule has 4 nitrogen and oxygen atoms in total. The number of hydrogen-bond donors (Lipinski definition) is 0. The summed E-state index contributed by atoms with van der Waals surface area (Å²) < 4.78 is 5.82. The molecule has 4 rings (SSSR count). The first-order valence-electron chi connectivity index (χ1n) is 8.64. The molecule has 0 radical (unpaired) electrons. The Bertz CT molecular complexity index is 947. The number of ether oxygens (including phenoxy) is 1. The molecule has 2 heterocycles. The summed E-state index contributed by atoms with van der Waals surface area (Å²) in [7, 11) is 1.84. The number of hydrogen-bond acceptors (Lipinski definition) is 4. The molecule has 3 aromatic rings. The van der Waals surface area contributed by atoms with E-state index in [0.29, 0.717) is 13.0 Å². The highest BCUT2D eigenvalue weighted by Crippen LogP contribution is 2.32. The van der Waals surface area contributed by atoms with Gasteiger partial charge in [-0.3, -0.25) is 4.79 Å². The van der Waals surface area contributed by atoms with Gasteiger partial charge in [-0.25, -0.2) is 4.98 Å². The van der Waals surface area contributed by atoms with Gasteiger partial charge < -0.3 is 9.64 Å². The average molecular weight is 364 g/mol. The monoisotopic (exact) mass is 364 g/mol. The Balaban J connectivity index is 1.49. The van der Waals surface area contributed by atoms with Crippen molar-refractivity contribution in [1.82, 2.24) is 4.98 Å². The van der Waals surface area contributed by atoms with Gasteiger partial charge in [0, 0.05) is 30.1 Å². The summed E-state index contributed by atoms with van der Waals surface area (Å²) in [5.41, 5.74) is 5.47. The summed E-state index contributed by atoms with van der Waals surface area (Å²) in [5.74, 6) is 1.03. The Hall–Kier alpha value is -2.66. The van der Waals surface area contributed by atoms with E-state index in [2.05, 4.69) is 18.4 Å². The van der Waals surface area contributed by atoms with Crippen LogP contribution >= 0.6 is 11.3 Å². The average Bonchev–Trinajstić information content (AvgIpc) is 3.13. The number of carbonyl (C=O) groups is 1. The minimum absolute atomic E-state index is 0.175. The first-order chi connectivity index (χ1) is 12.6. The lowest BCUT2D eigenvalue weighted by Crippen LogP contribution is -2.30. The molecule has 0 fully saturated rings. The van der Waals surface area contributed by atoms with E-state index in [1.807, 2.05) is 43.4 Å². The van der Waals surface area contributed by atoms with E-state index in [4.69, 9.17) is 9.72 Å². The van der Waals surface area contributed by atoms with E-state index >= 15 is 0 Å². The van der Waals surface area contributed by atoms with Crippen LogP contribution in [-0.2, 0) is 17.8 Å². The van der Waals surface area contributed by atoms with Gasteiger partial charge in [0.1, 0.15) is 17.4 Å². The number of benzene rings is 2. The van der Waals surface area contributed by atoms with E-state index in [1.54, 1.807) is 16.2 Å². The first kappa shape index (κ1) is 16.8. The molecule has 0 bridgehead atoms. The van der Waals surface area contributed by atoms with Crippen LogP contribution in [0.3, 0.4) is 0 Å². The quantitative estimate of drug-likeness (QED) is 0.679. The summed E-state index contributed by atoms with van der Waals surface area (Å²) in [4.78, 5) is 18.3. The van der Waals surface area contributed by atoms with Crippen molar-refractivity contribution in [1.29, 1.82) is 0 Å². The van der Waals surface area contributed by atoms with Gasteiger partial charge in [-0.15, -0.1) is 11.3 Å². The number of aromatic nitrogens is 1. The number of anilines is 1. The van der Waals surface area contributed by atoms with Crippen molar-refractivity contribution >= 4 is 22.9 Å². The van der Waals surface area contributed by atoms with Crippen molar-refractivity contribution in [2.75, 3.05) is 11.9 Å². The fourth-order valence-electron chi connectivity index (χ4n) is 3.11. The van der Waals surface area contributed by atoms with Crippen LogP contribution in [0.15, 0.2) is 47.8 Å². The molecule has 132 valence electrons. The van der Waals surface area contributed by atoms with Gasteiger partial charge in [-0.05, 0) is 43.2 Å². The Morgan fingerprint density at radius 1 is 1.15 bits per heavy atom. The van der Waals surface area contributed by atoms with E-state index in [1.165, 1.54) is 11.1 Å². The van der Waals surface area contributed by atoms with Crippen LogP contribution in [0.4, 0.5) is 5.69 Å². The van der Waals surface area contributed by atoms with E-state index in [0.717, 1.165) is 34.1 Å². The predicted octanol–water partition coefficient (Wildman–Crippen LogP) is 4.61. The van der Waals surface area contributed by atoms with Gasteiger partial charge in [-0.2, -0.15) is 0 Å². The molecule has 0 unspecified atom stereocenters. The second-order valence-electron chi connectivity index (χ2n) is 6.52. The second kappa shape index (κ2) is 6.92. The summed E-state index contributed by atoms with van der Waals surface area (Å²) in [5, 5.41) is 3.01. The molecule has 2 aromatic carbocycles. The third kappa shape index (κ3) is 3.35. The number of nitrogens with zero attached hydrogens (tertiary/aromatic N) is 2. The van der Waals surface area contributed by atoms with E-state index < -0.39 is 0 Å². The third-order valence-electron chi connectivity index (χ3n) is 4.65. The van der Waals surface area contributed by atoms with Gasteiger partial charge in [0.05, 0.1) is 5.69 Å². The number of rotatable bonds is 4. The molecule has 0 atom stereocenters. The van der Waals surface area contributed by atoms with Crippen LogP contribution in [0.1, 0.15) is 22.6 Å². The van der Waals surface area contributed by atoms with E-state index in [9.17, 15) is 4.79 Å². The van der Waals surface area contributed by atoms with Crippen LogP contribution in [-0.4, -0.2) is 17.9 Å². The molecule has 0 saturated carbocycles. The highest BCUT2D eigenvalue weighted by atomic mass is 32.1.